The highest BCUT2D eigenvalue weighted by Gasteiger charge is 2.56. The van der Waals surface area contributed by atoms with E-state index in [9.17, 15) is 14.7 Å². The van der Waals surface area contributed by atoms with Crippen molar-refractivity contribution >= 4 is 11.6 Å². The van der Waals surface area contributed by atoms with Crippen LogP contribution in [0.25, 0.3) is 5.65 Å². The predicted molar refractivity (Wildman–Crippen MR) is 74.1 cm³/mol. The summed E-state index contributed by atoms with van der Waals surface area (Å²) in [7, 11) is 0. The Labute approximate surface area is 120 Å². The molecule has 21 heavy (non-hydrogen) atoms. The van der Waals surface area contributed by atoms with Crippen molar-refractivity contribution in [3.05, 3.63) is 33.9 Å². The van der Waals surface area contributed by atoms with Crippen LogP contribution >= 0.6 is 0 Å². The third-order valence-electron chi connectivity index (χ3n) is 4.52. The summed E-state index contributed by atoms with van der Waals surface area (Å²) < 4.78 is 1.50. The summed E-state index contributed by atoms with van der Waals surface area (Å²) in [5.74, 6) is -0.0267. The van der Waals surface area contributed by atoms with Gasteiger partial charge < -0.3 is 15.0 Å². The van der Waals surface area contributed by atoms with Crippen LogP contribution in [0.5, 0.6) is 0 Å². The Bertz CT molecular complexity index is 808. The van der Waals surface area contributed by atoms with Crippen molar-refractivity contribution in [1.29, 1.82) is 0 Å². The van der Waals surface area contributed by atoms with Crippen LogP contribution in [0, 0.1) is 12.8 Å². The molecule has 2 N–H and O–H groups in total. The highest BCUT2D eigenvalue weighted by atomic mass is 16.3. The summed E-state index contributed by atoms with van der Waals surface area (Å²) in [4.78, 5) is 28.9. The van der Waals surface area contributed by atoms with Crippen molar-refractivity contribution in [1.82, 2.24) is 19.5 Å². The number of carbonyl (C=O) groups excluding carboxylic acids is 1. The number of aromatic amines is 1. The van der Waals surface area contributed by atoms with E-state index in [1.807, 2.05) is 6.92 Å². The predicted octanol–water partition coefficient (Wildman–Crippen LogP) is -0.0721. The zero-order valence-corrected chi connectivity index (χ0v) is 11.7. The molecule has 3 heterocycles. The van der Waals surface area contributed by atoms with E-state index in [2.05, 4.69) is 10.1 Å². The van der Waals surface area contributed by atoms with Crippen molar-refractivity contribution in [2.24, 2.45) is 5.92 Å². The minimum atomic E-state index is -0.729. The Balaban J connectivity index is 1.70. The smallest absolute Gasteiger partial charge is 0.264 e. The summed E-state index contributed by atoms with van der Waals surface area (Å²) in [6.07, 6.45) is 3.01. The zero-order valence-electron chi connectivity index (χ0n) is 11.7. The maximum atomic E-state index is 12.5. The molecule has 1 saturated carbocycles. The van der Waals surface area contributed by atoms with E-state index in [-0.39, 0.29) is 11.5 Å². The third kappa shape index (κ3) is 1.88. The van der Waals surface area contributed by atoms with Crippen molar-refractivity contribution in [2.45, 2.75) is 25.4 Å². The lowest BCUT2D eigenvalue weighted by atomic mass is 10.1. The van der Waals surface area contributed by atoms with Gasteiger partial charge in [-0.3, -0.25) is 9.59 Å². The first kappa shape index (κ1) is 12.6. The maximum absolute atomic E-state index is 12.5. The second-order valence-corrected chi connectivity index (χ2v) is 6.13. The number of fused-ring (bicyclic) bond motifs is 2. The Kier molecular flexibility index (Phi) is 2.36. The van der Waals surface area contributed by atoms with Gasteiger partial charge in [-0.25, -0.2) is 4.52 Å². The van der Waals surface area contributed by atoms with Gasteiger partial charge in [0.05, 0.1) is 11.3 Å². The first-order valence-corrected chi connectivity index (χ1v) is 7.07. The Morgan fingerprint density at radius 3 is 3.14 bits per heavy atom. The molecule has 0 aromatic carbocycles. The molecule has 0 bridgehead atoms. The molecule has 2 atom stereocenters. The number of β-amino-alcohol motifs (C(OH)–C–C–N with tert-alkyl or cyclic N) is 1. The number of carbonyl (C=O) groups is 1. The van der Waals surface area contributed by atoms with Crippen LogP contribution in [0.15, 0.2) is 17.1 Å². The second kappa shape index (κ2) is 3.94. The van der Waals surface area contributed by atoms with Crippen molar-refractivity contribution in [2.75, 3.05) is 13.1 Å². The molecule has 2 aromatic heterocycles. The number of hydrogen-bond acceptors (Lipinski definition) is 4. The molecule has 2 aromatic rings. The van der Waals surface area contributed by atoms with Gasteiger partial charge in [-0.2, -0.15) is 5.10 Å². The number of likely N-dealkylation sites (tertiary alicyclic amines) is 1. The molecule has 1 saturated heterocycles. The number of nitrogens with zero attached hydrogens (tertiary/aromatic N) is 3. The minimum Gasteiger partial charge on any atom is -0.388 e. The summed E-state index contributed by atoms with van der Waals surface area (Å²) in [5, 5.41) is 14.4. The molecule has 0 unspecified atom stereocenters. The standard InChI is InChI=1S/C14H16N4O3/c1-8-4-11-15-12(19)10(6-18(11)16-8)13(20)17-3-2-9-5-14(9,21)7-17/h4,6,9,21H,2-3,5,7H2,1H3,(H,15,19)/t9-,14+/m1/s1. The fraction of sp³-hybridized carbons (Fsp3) is 0.500. The van der Waals surface area contributed by atoms with E-state index in [0.717, 1.165) is 18.5 Å². The van der Waals surface area contributed by atoms with Gasteiger partial charge in [0.15, 0.2) is 0 Å². The van der Waals surface area contributed by atoms with Crippen molar-refractivity contribution in [3.63, 3.8) is 0 Å². The Hall–Kier alpha value is -2.15. The first-order valence-electron chi connectivity index (χ1n) is 7.07. The van der Waals surface area contributed by atoms with Gasteiger partial charge in [0, 0.05) is 25.4 Å². The number of nitrogens with one attached hydrogen (secondary N) is 1. The molecular weight excluding hydrogens is 272 g/mol. The van der Waals surface area contributed by atoms with Gasteiger partial charge in [0.1, 0.15) is 11.2 Å². The molecule has 110 valence electrons. The van der Waals surface area contributed by atoms with E-state index in [1.165, 1.54) is 10.7 Å². The van der Waals surface area contributed by atoms with Crippen LogP contribution in [0.2, 0.25) is 0 Å². The molecule has 1 amide bonds. The highest BCUT2D eigenvalue weighted by molar-refractivity contribution is 5.94. The topological polar surface area (TPSA) is 90.7 Å². The number of amides is 1. The largest absolute Gasteiger partial charge is 0.388 e. The number of hydrogen-bond donors (Lipinski definition) is 2. The van der Waals surface area contributed by atoms with E-state index in [1.54, 1.807) is 11.0 Å². The number of aromatic nitrogens is 3. The quantitative estimate of drug-likeness (QED) is 0.768. The van der Waals surface area contributed by atoms with Gasteiger partial charge in [0.25, 0.3) is 11.5 Å². The molecule has 0 radical (unpaired) electrons. The lowest BCUT2D eigenvalue weighted by Gasteiger charge is -2.29. The summed E-state index contributed by atoms with van der Waals surface area (Å²) in [6.45, 7) is 2.72. The zero-order chi connectivity index (χ0) is 14.8. The molecule has 2 aliphatic rings. The van der Waals surface area contributed by atoms with E-state index in [4.69, 9.17) is 0 Å². The molecule has 0 spiro atoms. The van der Waals surface area contributed by atoms with Crippen LogP contribution in [0.3, 0.4) is 0 Å². The molecule has 7 heteroatoms. The summed E-state index contributed by atoms with van der Waals surface area (Å²) in [6, 6.07) is 1.74. The van der Waals surface area contributed by atoms with E-state index in [0.29, 0.717) is 24.7 Å². The maximum Gasteiger partial charge on any atom is 0.264 e. The number of aliphatic hydroxyl groups is 1. The molecular formula is C14H16N4O3. The van der Waals surface area contributed by atoms with Gasteiger partial charge in [-0.05, 0) is 25.7 Å². The van der Waals surface area contributed by atoms with Crippen LogP contribution < -0.4 is 5.56 Å². The van der Waals surface area contributed by atoms with Crippen LogP contribution in [0.1, 0.15) is 28.9 Å². The van der Waals surface area contributed by atoms with E-state index < -0.39 is 11.2 Å². The molecule has 1 aliphatic heterocycles. The second-order valence-electron chi connectivity index (χ2n) is 6.13. The summed E-state index contributed by atoms with van der Waals surface area (Å²) >= 11 is 0. The summed E-state index contributed by atoms with van der Waals surface area (Å²) in [5.41, 5.74) is 0.245. The van der Waals surface area contributed by atoms with E-state index >= 15 is 0 Å². The Morgan fingerprint density at radius 2 is 2.38 bits per heavy atom. The average Bonchev–Trinajstić information content (AvgIpc) is 2.98. The fourth-order valence-corrected chi connectivity index (χ4v) is 3.22. The average molecular weight is 288 g/mol. The van der Waals surface area contributed by atoms with Crippen molar-refractivity contribution < 1.29 is 9.90 Å². The number of piperidine rings is 1. The monoisotopic (exact) mass is 288 g/mol. The number of H-pyrrole nitrogens is 1. The minimum absolute atomic E-state index is 0.0632. The first-order chi connectivity index (χ1) is 9.96. The van der Waals surface area contributed by atoms with Gasteiger partial charge in [0.2, 0.25) is 0 Å². The normalized spacial score (nSPS) is 27.7. The van der Waals surface area contributed by atoms with Gasteiger partial charge in [-0.15, -0.1) is 0 Å². The molecule has 7 nitrogen and oxygen atoms in total. The number of aryl methyl sites for hydroxylation is 1. The fourth-order valence-electron chi connectivity index (χ4n) is 3.22. The van der Waals surface area contributed by atoms with Crippen LogP contribution in [-0.4, -0.2) is 49.2 Å². The molecule has 1 aliphatic carbocycles. The van der Waals surface area contributed by atoms with Crippen LogP contribution in [0.4, 0.5) is 0 Å². The molecule has 2 fully saturated rings. The molecule has 4 rings (SSSR count). The van der Waals surface area contributed by atoms with Crippen molar-refractivity contribution in [3.8, 4) is 0 Å². The lowest BCUT2D eigenvalue weighted by Crippen LogP contribution is -2.45. The third-order valence-corrected chi connectivity index (χ3v) is 4.52. The SMILES string of the molecule is Cc1cc2[nH]c(=O)c(C(=O)N3CC[C@@H]4C[C@]4(O)C3)cn2n1. The van der Waals surface area contributed by atoms with Gasteiger partial charge >= 0.3 is 0 Å². The Morgan fingerprint density at radius 1 is 1.57 bits per heavy atom. The highest BCUT2D eigenvalue weighted by Crippen LogP contribution is 2.49. The number of rotatable bonds is 1. The van der Waals surface area contributed by atoms with Crippen LogP contribution in [-0.2, 0) is 0 Å². The lowest BCUT2D eigenvalue weighted by molar-refractivity contribution is 0.0375. The van der Waals surface area contributed by atoms with Gasteiger partial charge in [-0.1, -0.05) is 0 Å².